The summed E-state index contributed by atoms with van der Waals surface area (Å²) in [5.41, 5.74) is 2.36. The van der Waals surface area contributed by atoms with E-state index in [0.717, 1.165) is 29.4 Å². The van der Waals surface area contributed by atoms with E-state index in [4.69, 9.17) is 0 Å². The van der Waals surface area contributed by atoms with E-state index in [9.17, 15) is 4.79 Å². The van der Waals surface area contributed by atoms with Gasteiger partial charge in [0.15, 0.2) is 11.0 Å². The van der Waals surface area contributed by atoms with Gasteiger partial charge in [0.05, 0.1) is 5.75 Å². The minimum atomic E-state index is 0.0951. The fourth-order valence-electron chi connectivity index (χ4n) is 3.53. The summed E-state index contributed by atoms with van der Waals surface area (Å²) in [5, 5.41) is 12.6. The van der Waals surface area contributed by atoms with Crippen LogP contribution in [-0.2, 0) is 11.8 Å². The molecule has 1 saturated carbocycles. The molecule has 0 radical (unpaired) electrons. The molecule has 0 atom stereocenters. The number of carbonyl (C=O) groups excluding carboxylic acids is 1. The van der Waals surface area contributed by atoms with Crippen LogP contribution in [0, 0.1) is 0 Å². The normalized spacial score (nSPS) is 15.7. The number of thioether (sulfide) groups is 1. The molecule has 0 aliphatic heterocycles. The Hall–Kier alpha value is -1.82. The van der Waals surface area contributed by atoms with Gasteiger partial charge in [-0.2, -0.15) is 0 Å². The van der Waals surface area contributed by atoms with Gasteiger partial charge in [0.2, 0.25) is 5.91 Å². The van der Waals surface area contributed by atoms with Crippen molar-refractivity contribution in [2.45, 2.75) is 69.5 Å². The molecule has 1 aliphatic carbocycles. The molecule has 1 N–H and O–H groups in total. The summed E-state index contributed by atoms with van der Waals surface area (Å²) in [6.07, 6.45) is 7.25. The molecule has 3 rings (SSSR count). The van der Waals surface area contributed by atoms with Gasteiger partial charge in [0.25, 0.3) is 0 Å². The fourth-order valence-corrected chi connectivity index (χ4v) is 4.25. The highest BCUT2D eigenvalue weighted by molar-refractivity contribution is 7.99. The second-order valence-corrected chi connectivity index (χ2v) is 8.63. The second-order valence-electron chi connectivity index (χ2n) is 7.69. The first-order valence-corrected chi connectivity index (χ1v) is 10.9. The molecule has 27 heavy (non-hydrogen) atoms. The summed E-state index contributed by atoms with van der Waals surface area (Å²) in [6, 6.07) is 8.80. The second kappa shape index (κ2) is 9.40. The fraction of sp³-hybridized carbons (Fsp3) is 0.571. The van der Waals surface area contributed by atoms with E-state index in [0.29, 0.717) is 17.7 Å². The Morgan fingerprint density at radius 2 is 1.81 bits per heavy atom. The van der Waals surface area contributed by atoms with Gasteiger partial charge in [-0.25, -0.2) is 0 Å². The van der Waals surface area contributed by atoms with E-state index < -0.39 is 0 Å². The topological polar surface area (TPSA) is 59.8 Å². The molecule has 6 heteroatoms. The van der Waals surface area contributed by atoms with Crippen LogP contribution < -0.4 is 5.32 Å². The molecule has 1 amide bonds. The van der Waals surface area contributed by atoms with E-state index >= 15 is 0 Å². The van der Waals surface area contributed by atoms with Crippen LogP contribution in [0.3, 0.4) is 0 Å². The first kappa shape index (κ1) is 19.9. The average molecular weight is 387 g/mol. The Morgan fingerprint density at radius 3 is 2.44 bits per heavy atom. The third kappa shape index (κ3) is 5.34. The quantitative estimate of drug-likeness (QED) is 0.585. The SMILES string of the molecule is CC(C)c1ccc(-c2nnc(SCC(=O)NC3CCCCCC3)n2C)cc1. The molecular formula is C21H30N4OS. The summed E-state index contributed by atoms with van der Waals surface area (Å²) in [4.78, 5) is 12.3. The van der Waals surface area contributed by atoms with E-state index in [1.165, 1.54) is 43.0 Å². The maximum atomic E-state index is 12.3. The largest absolute Gasteiger partial charge is 0.353 e. The maximum Gasteiger partial charge on any atom is 0.230 e. The molecule has 5 nitrogen and oxygen atoms in total. The predicted octanol–water partition coefficient (Wildman–Crippen LogP) is 4.54. The van der Waals surface area contributed by atoms with Gasteiger partial charge in [-0.3, -0.25) is 4.79 Å². The van der Waals surface area contributed by atoms with Gasteiger partial charge in [-0.1, -0.05) is 75.6 Å². The van der Waals surface area contributed by atoms with Gasteiger partial charge in [0.1, 0.15) is 0 Å². The van der Waals surface area contributed by atoms with Crippen LogP contribution in [0.15, 0.2) is 29.4 Å². The highest BCUT2D eigenvalue weighted by Gasteiger charge is 2.17. The van der Waals surface area contributed by atoms with Crippen molar-refractivity contribution in [3.63, 3.8) is 0 Å². The zero-order valence-corrected chi connectivity index (χ0v) is 17.4. The van der Waals surface area contributed by atoms with Gasteiger partial charge < -0.3 is 9.88 Å². The number of hydrogen-bond donors (Lipinski definition) is 1. The molecule has 0 saturated heterocycles. The Balaban J connectivity index is 1.57. The third-order valence-electron chi connectivity index (χ3n) is 5.22. The summed E-state index contributed by atoms with van der Waals surface area (Å²) in [6.45, 7) is 4.37. The molecule has 1 fully saturated rings. The molecule has 1 aliphatic rings. The van der Waals surface area contributed by atoms with Crippen LogP contribution in [0.1, 0.15) is 63.9 Å². The molecule has 2 aromatic rings. The molecule has 1 heterocycles. The van der Waals surface area contributed by atoms with Crippen molar-refractivity contribution in [2.75, 3.05) is 5.75 Å². The standard InChI is InChI=1S/C21H30N4OS/c1-15(2)16-10-12-17(13-11-16)20-23-24-21(25(20)3)27-14-19(26)22-18-8-6-4-5-7-9-18/h10-13,15,18H,4-9,14H2,1-3H3,(H,22,26). The van der Waals surface area contributed by atoms with Crippen LogP contribution >= 0.6 is 11.8 Å². The van der Waals surface area contributed by atoms with E-state index in [1.54, 1.807) is 0 Å². The lowest BCUT2D eigenvalue weighted by Crippen LogP contribution is -2.35. The van der Waals surface area contributed by atoms with Crippen molar-refractivity contribution < 1.29 is 4.79 Å². The smallest absolute Gasteiger partial charge is 0.230 e. The zero-order valence-electron chi connectivity index (χ0n) is 16.6. The Bertz CT molecular complexity index is 746. The molecule has 146 valence electrons. The van der Waals surface area contributed by atoms with Gasteiger partial charge in [-0.15, -0.1) is 10.2 Å². The summed E-state index contributed by atoms with van der Waals surface area (Å²) >= 11 is 1.45. The number of rotatable bonds is 6. The highest BCUT2D eigenvalue weighted by atomic mass is 32.2. The van der Waals surface area contributed by atoms with Crippen molar-refractivity contribution in [2.24, 2.45) is 7.05 Å². The van der Waals surface area contributed by atoms with Crippen molar-refractivity contribution in [3.05, 3.63) is 29.8 Å². The monoisotopic (exact) mass is 386 g/mol. The summed E-state index contributed by atoms with van der Waals surface area (Å²) in [5.74, 6) is 1.82. The Kier molecular flexibility index (Phi) is 6.94. The Labute approximate surface area is 166 Å². The van der Waals surface area contributed by atoms with E-state index in [2.05, 4.69) is 53.6 Å². The lowest BCUT2D eigenvalue weighted by Gasteiger charge is -2.15. The molecule has 1 aromatic heterocycles. The van der Waals surface area contributed by atoms with Gasteiger partial charge >= 0.3 is 0 Å². The number of benzene rings is 1. The third-order valence-corrected chi connectivity index (χ3v) is 6.24. The maximum absolute atomic E-state index is 12.3. The van der Waals surface area contributed by atoms with Crippen LogP contribution in [-0.4, -0.2) is 32.5 Å². The summed E-state index contributed by atoms with van der Waals surface area (Å²) < 4.78 is 1.97. The first-order chi connectivity index (χ1) is 13.0. The number of aromatic nitrogens is 3. The number of hydrogen-bond acceptors (Lipinski definition) is 4. The zero-order chi connectivity index (χ0) is 19.2. The number of nitrogens with zero attached hydrogens (tertiary/aromatic N) is 3. The van der Waals surface area contributed by atoms with Gasteiger partial charge in [0, 0.05) is 18.7 Å². The van der Waals surface area contributed by atoms with Gasteiger partial charge in [-0.05, 0) is 24.3 Å². The predicted molar refractivity (Wildman–Crippen MR) is 111 cm³/mol. The molecule has 0 bridgehead atoms. The Morgan fingerprint density at radius 1 is 1.15 bits per heavy atom. The van der Waals surface area contributed by atoms with E-state index in [-0.39, 0.29) is 5.91 Å². The number of amides is 1. The number of nitrogens with one attached hydrogen (secondary N) is 1. The lowest BCUT2D eigenvalue weighted by atomic mass is 10.0. The number of carbonyl (C=O) groups is 1. The van der Waals surface area contributed by atoms with Crippen molar-refractivity contribution in [3.8, 4) is 11.4 Å². The van der Waals surface area contributed by atoms with Crippen molar-refractivity contribution >= 4 is 17.7 Å². The molecule has 0 unspecified atom stereocenters. The summed E-state index contributed by atoms with van der Waals surface area (Å²) in [7, 11) is 1.96. The van der Waals surface area contributed by atoms with Crippen molar-refractivity contribution in [1.82, 2.24) is 20.1 Å². The minimum Gasteiger partial charge on any atom is -0.353 e. The van der Waals surface area contributed by atoms with Crippen LogP contribution in [0.4, 0.5) is 0 Å². The van der Waals surface area contributed by atoms with Crippen LogP contribution in [0.25, 0.3) is 11.4 Å². The average Bonchev–Trinajstić information content (AvgIpc) is 2.85. The highest BCUT2D eigenvalue weighted by Crippen LogP contribution is 2.24. The van der Waals surface area contributed by atoms with Crippen LogP contribution in [0.5, 0.6) is 0 Å². The lowest BCUT2D eigenvalue weighted by molar-refractivity contribution is -0.119. The first-order valence-electron chi connectivity index (χ1n) is 9.96. The van der Waals surface area contributed by atoms with E-state index in [1.807, 2.05) is 11.6 Å². The molecule has 1 aromatic carbocycles. The molecule has 0 spiro atoms. The van der Waals surface area contributed by atoms with Crippen LogP contribution in [0.2, 0.25) is 0 Å². The van der Waals surface area contributed by atoms with Crippen molar-refractivity contribution in [1.29, 1.82) is 0 Å². The molecular weight excluding hydrogens is 356 g/mol. The minimum absolute atomic E-state index is 0.0951.